The van der Waals surface area contributed by atoms with Gasteiger partial charge in [0.15, 0.2) is 9.84 Å². The topological polar surface area (TPSA) is 64.8 Å². The van der Waals surface area contributed by atoms with E-state index in [0.717, 1.165) is 12.3 Å². The highest BCUT2D eigenvalue weighted by atomic mass is 32.2. The molecule has 0 spiro atoms. The van der Waals surface area contributed by atoms with Crippen LogP contribution in [0.2, 0.25) is 0 Å². The number of pyridine rings is 1. The van der Waals surface area contributed by atoms with E-state index < -0.39 is 21.7 Å². The van der Waals surface area contributed by atoms with Gasteiger partial charge in [-0.3, -0.25) is 4.98 Å². The van der Waals surface area contributed by atoms with Gasteiger partial charge in [-0.15, -0.1) is 0 Å². The van der Waals surface area contributed by atoms with E-state index in [0.29, 0.717) is 5.39 Å². The van der Waals surface area contributed by atoms with Crippen molar-refractivity contribution in [3.63, 3.8) is 0 Å². The molecule has 0 fully saturated rings. The molecule has 24 heavy (non-hydrogen) atoms. The molecule has 0 aliphatic heterocycles. The number of fused-ring (bicyclic) bond motifs is 1. The zero-order chi connectivity index (χ0) is 17.5. The molecule has 1 aromatic carbocycles. The summed E-state index contributed by atoms with van der Waals surface area (Å²) in [6.07, 6.45) is -2.05. The Kier molecular flexibility index (Phi) is 3.83. The van der Waals surface area contributed by atoms with Crippen molar-refractivity contribution < 1.29 is 21.6 Å². The SMILES string of the molecule is CCS(=O)(=O)c1ccccc1-n1cc2cnc(C(F)(F)F)cc2n1. The fraction of sp³-hybridized carbons (Fsp3) is 0.200. The molecule has 0 amide bonds. The van der Waals surface area contributed by atoms with Crippen molar-refractivity contribution >= 4 is 20.7 Å². The molecular formula is C15H12F3N3O2S. The number of rotatable bonds is 3. The minimum atomic E-state index is -4.57. The maximum atomic E-state index is 12.7. The third-order valence-corrected chi connectivity index (χ3v) is 5.28. The highest BCUT2D eigenvalue weighted by Crippen LogP contribution is 2.30. The number of hydrogen-bond donors (Lipinski definition) is 0. The summed E-state index contributed by atoms with van der Waals surface area (Å²) in [5.41, 5.74) is -0.681. The first-order valence-corrected chi connectivity index (χ1v) is 8.62. The normalized spacial score (nSPS) is 12.7. The Balaban J connectivity index is 2.18. The molecule has 2 heterocycles. The molecule has 9 heteroatoms. The summed E-state index contributed by atoms with van der Waals surface area (Å²) in [6, 6.07) is 7.05. The maximum absolute atomic E-state index is 12.7. The summed E-state index contributed by atoms with van der Waals surface area (Å²) in [6.45, 7) is 1.52. The Labute approximate surface area is 135 Å². The van der Waals surface area contributed by atoms with Gasteiger partial charge in [-0.1, -0.05) is 19.1 Å². The van der Waals surface area contributed by atoms with Gasteiger partial charge in [0.1, 0.15) is 5.69 Å². The Morgan fingerprint density at radius 3 is 2.58 bits per heavy atom. The Hall–Kier alpha value is -2.42. The van der Waals surface area contributed by atoms with E-state index in [-0.39, 0.29) is 21.9 Å². The van der Waals surface area contributed by atoms with Crippen LogP contribution in [0.4, 0.5) is 13.2 Å². The number of para-hydroxylation sites is 1. The maximum Gasteiger partial charge on any atom is 0.433 e. The zero-order valence-electron chi connectivity index (χ0n) is 12.4. The van der Waals surface area contributed by atoms with Crippen molar-refractivity contribution in [2.45, 2.75) is 18.0 Å². The third-order valence-electron chi connectivity index (χ3n) is 3.51. The monoisotopic (exact) mass is 355 g/mol. The fourth-order valence-corrected chi connectivity index (χ4v) is 3.34. The predicted molar refractivity (Wildman–Crippen MR) is 81.6 cm³/mol. The van der Waals surface area contributed by atoms with Gasteiger partial charge in [-0.05, 0) is 18.2 Å². The van der Waals surface area contributed by atoms with Gasteiger partial charge in [0.05, 0.1) is 21.9 Å². The Morgan fingerprint density at radius 1 is 1.21 bits per heavy atom. The van der Waals surface area contributed by atoms with Gasteiger partial charge < -0.3 is 0 Å². The van der Waals surface area contributed by atoms with E-state index in [1.165, 1.54) is 23.9 Å². The summed E-state index contributed by atoms with van der Waals surface area (Å²) in [4.78, 5) is 3.45. The molecule has 126 valence electrons. The van der Waals surface area contributed by atoms with Crippen molar-refractivity contribution in [3.05, 3.63) is 48.4 Å². The number of aromatic nitrogens is 3. The number of hydrogen-bond acceptors (Lipinski definition) is 4. The standard InChI is InChI=1S/C15H12F3N3O2S/c1-2-24(22,23)13-6-4-3-5-12(13)21-9-10-8-19-14(15(16,17)18)7-11(10)20-21/h3-9H,2H2,1H3. The van der Waals surface area contributed by atoms with Crippen LogP contribution < -0.4 is 0 Å². The van der Waals surface area contributed by atoms with E-state index in [1.807, 2.05) is 0 Å². The van der Waals surface area contributed by atoms with E-state index in [9.17, 15) is 21.6 Å². The second-order valence-corrected chi connectivity index (χ2v) is 7.32. The Bertz CT molecular complexity index is 1010. The van der Waals surface area contributed by atoms with Crippen LogP contribution in [0, 0.1) is 0 Å². The van der Waals surface area contributed by atoms with Crippen molar-refractivity contribution in [1.82, 2.24) is 14.8 Å². The van der Waals surface area contributed by atoms with E-state index in [2.05, 4.69) is 10.1 Å². The molecule has 0 atom stereocenters. The van der Waals surface area contributed by atoms with Crippen LogP contribution in [0.3, 0.4) is 0 Å². The Morgan fingerprint density at radius 2 is 1.92 bits per heavy atom. The van der Waals surface area contributed by atoms with Crippen molar-refractivity contribution in [2.75, 3.05) is 5.75 Å². The van der Waals surface area contributed by atoms with Crippen LogP contribution >= 0.6 is 0 Å². The minimum absolute atomic E-state index is 0.0734. The van der Waals surface area contributed by atoms with Gasteiger partial charge in [0, 0.05) is 17.8 Å². The first-order chi connectivity index (χ1) is 11.2. The van der Waals surface area contributed by atoms with Gasteiger partial charge in [0.25, 0.3) is 0 Å². The average Bonchev–Trinajstić information content (AvgIpc) is 2.97. The van der Waals surface area contributed by atoms with E-state index in [1.54, 1.807) is 18.2 Å². The number of benzene rings is 1. The van der Waals surface area contributed by atoms with Gasteiger partial charge >= 0.3 is 6.18 Å². The van der Waals surface area contributed by atoms with Crippen LogP contribution in [0.5, 0.6) is 0 Å². The van der Waals surface area contributed by atoms with Crippen molar-refractivity contribution in [3.8, 4) is 5.69 Å². The minimum Gasteiger partial charge on any atom is -0.251 e. The quantitative estimate of drug-likeness (QED) is 0.724. The van der Waals surface area contributed by atoms with Crippen molar-refractivity contribution in [1.29, 1.82) is 0 Å². The van der Waals surface area contributed by atoms with Gasteiger partial charge in [-0.2, -0.15) is 18.3 Å². The smallest absolute Gasteiger partial charge is 0.251 e. The molecule has 0 aliphatic rings. The summed E-state index contributed by atoms with van der Waals surface area (Å²) in [5.74, 6) is -0.0927. The van der Waals surface area contributed by atoms with Gasteiger partial charge in [-0.25, -0.2) is 13.1 Å². The average molecular weight is 355 g/mol. The van der Waals surface area contributed by atoms with E-state index >= 15 is 0 Å². The molecule has 2 aromatic heterocycles. The lowest BCUT2D eigenvalue weighted by molar-refractivity contribution is -0.141. The van der Waals surface area contributed by atoms with Crippen LogP contribution in [-0.2, 0) is 16.0 Å². The zero-order valence-corrected chi connectivity index (χ0v) is 13.3. The highest BCUT2D eigenvalue weighted by Gasteiger charge is 2.32. The molecular weight excluding hydrogens is 343 g/mol. The first kappa shape index (κ1) is 16.4. The first-order valence-electron chi connectivity index (χ1n) is 6.97. The second-order valence-electron chi connectivity index (χ2n) is 5.07. The van der Waals surface area contributed by atoms with Gasteiger partial charge in [0.2, 0.25) is 0 Å². The number of nitrogens with zero attached hydrogens (tertiary/aromatic N) is 3. The molecule has 0 saturated heterocycles. The largest absolute Gasteiger partial charge is 0.433 e. The van der Waals surface area contributed by atoms with Crippen molar-refractivity contribution in [2.24, 2.45) is 0 Å². The lowest BCUT2D eigenvalue weighted by Gasteiger charge is -2.08. The third kappa shape index (κ3) is 2.86. The predicted octanol–water partition coefficient (Wildman–Crippen LogP) is 3.23. The molecule has 0 saturated carbocycles. The molecule has 5 nitrogen and oxygen atoms in total. The van der Waals surface area contributed by atoms with Crippen LogP contribution in [0.15, 0.2) is 47.6 Å². The second kappa shape index (κ2) is 5.59. The summed E-state index contributed by atoms with van der Waals surface area (Å²) < 4.78 is 63.9. The van der Waals surface area contributed by atoms with Crippen LogP contribution in [0.25, 0.3) is 16.6 Å². The molecule has 0 unspecified atom stereocenters. The summed E-state index contributed by atoms with van der Waals surface area (Å²) >= 11 is 0. The summed E-state index contributed by atoms with van der Waals surface area (Å²) in [7, 11) is -3.50. The van der Waals surface area contributed by atoms with Crippen LogP contribution in [-0.4, -0.2) is 28.9 Å². The molecule has 0 N–H and O–H groups in total. The number of alkyl halides is 3. The molecule has 3 rings (SSSR count). The molecule has 0 bridgehead atoms. The van der Waals surface area contributed by atoms with E-state index in [4.69, 9.17) is 0 Å². The molecule has 0 aliphatic carbocycles. The molecule has 0 radical (unpaired) electrons. The number of sulfone groups is 1. The fourth-order valence-electron chi connectivity index (χ4n) is 2.26. The number of halogens is 3. The van der Waals surface area contributed by atoms with Crippen LogP contribution in [0.1, 0.15) is 12.6 Å². The lowest BCUT2D eigenvalue weighted by atomic mass is 10.3. The lowest BCUT2D eigenvalue weighted by Crippen LogP contribution is -2.09. The summed E-state index contributed by atoms with van der Waals surface area (Å²) in [5, 5.41) is 4.46. The highest BCUT2D eigenvalue weighted by molar-refractivity contribution is 7.91. The molecule has 3 aromatic rings.